The first-order valence-corrected chi connectivity index (χ1v) is 5.67. The molecule has 1 saturated heterocycles. The number of H-pyrrole nitrogens is 1. The standard InChI is InChI=1S/C12H14N4O/c1-15-5-6-16(11(17)7-15)10-4-2-3-9-12(10)14-8-13-9/h2-4,8H,5-7H2,1H3,(H,13,14). The van der Waals surface area contributed by atoms with Gasteiger partial charge in [-0.1, -0.05) is 6.07 Å². The SMILES string of the molecule is CN1CCN(c2cccc3[nH]cnc23)C(=O)C1. The van der Waals surface area contributed by atoms with E-state index in [1.54, 1.807) is 6.33 Å². The van der Waals surface area contributed by atoms with Gasteiger partial charge < -0.3 is 9.88 Å². The van der Waals surface area contributed by atoms with Crippen LogP contribution in [0.3, 0.4) is 0 Å². The molecular weight excluding hydrogens is 216 g/mol. The van der Waals surface area contributed by atoms with E-state index in [1.165, 1.54) is 0 Å². The molecule has 5 heteroatoms. The number of nitrogens with one attached hydrogen (secondary N) is 1. The minimum Gasteiger partial charge on any atom is -0.345 e. The topological polar surface area (TPSA) is 52.2 Å². The molecule has 1 aromatic carbocycles. The van der Waals surface area contributed by atoms with Crippen LogP contribution in [0.15, 0.2) is 24.5 Å². The van der Waals surface area contributed by atoms with Crippen molar-refractivity contribution in [2.75, 3.05) is 31.6 Å². The largest absolute Gasteiger partial charge is 0.345 e. The van der Waals surface area contributed by atoms with Crippen LogP contribution in [0.1, 0.15) is 0 Å². The van der Waals surface area contributed by atoms with Gasteiger partial charge in [-0.15, -0.1) is 0 Å². The molecule has 88 valence electrons. The van der Waals surface area contributed by atoms with Crippen molar-refractivity contribution < 1.29 is 4.79 Å². The number of imidazole rings is 1. The summed E-state index contributed by atoms with van der Waals surface area (Å²) in [6, 6.07) is 5.86. The highest BCUT2D eigenvalue weighted by Crippen LogP contribution is 2.25. The number of carbonyl (C=O) groups excluding carboxylic acids is 1. The van der Waals surface area contributed by atoms with Crippen LogP contribution in [0.2, 0.25) is 0 Å². The lowest BCUT2D eigenvalue weighted by Gasteiger charge is -2.32. The van der Waals surface area contributed by atoms with E-state index in [1.807, 2.05) is 35.0 Å². The van der Waals surface area contributed by atoms with Gasteiger partial charge in [-0.25, -0.2) is 4.98 Å². The number of anilines is 1. The summed E-state index contributed by atoms with van der Waals surface area (Å²) >= 11 is 0. The van der Waals surface area contributed by atoms with Gasteiger partial charge in [0, 0.05) is 13.1 Å². The zero-order chi connectivity index (χ0) is 11.8. The van der Waals surface area contributed by atoms with Crippen molar-refractivity contribution in [3.05, 3.63) is 24.5 Å². The van der Waals surface area contributed by atoms with Crippen molar-refractivity contribution in [2.24, 2.45) is 0 Å². The number of likely N-dealkylation sites (N-methyl/N-ethyl adjacent to an activating group) is 1. The first kappa shape index (κ1) is 10.3. The number of hydrogen-bond acceptors (Lipinski definition) is 3. The van der Waals surface area contributed by atoms with Crippen molar-refractivity contribution in [3.8, 4) is 0 Å². The second-order valence-electron chi connectivity index (χ2n) is 4.36. The third kappa shape index (κ3) is 1.68. The van der Waals surface area contributed by atoms with Crippen LogP contribution in [-0.4, -0.2) is 47.5 Å². The smallest absolute Gasteiger partial charge is 0.241 e. The first-order valence-electron chi connectivity index (χ1n) is 5.67. The third-order valence-electron chi connectivity index (χ3n) is 3.13. The van der Waals surface area contributed by atoms with Crippen LogP contribution in [0.5, 0.6) is 0 Å². The van der Waals surface area contributed by atoms with Gasteiger partial charge in [-0.2, -0.15) is 0 Å². The maximum atomic E-state index is 12.0. The van der Waals surface area contributed by atoms with Crippen molar-refractivity contribution >= 4 is 22.6 Å². The van der Waals surface area contributed by atoms with E-state index in [-0.39, 0.29) is 5.91 Å². The van der Waals surface area contributed by atoms with Crippen LogP contribution < -0.4 is 4.90 Å². The number of amides is 1. The summed E-state index contributed by atoms with van der Waals surface area (Å²) in [6.07, 6.45) is 1.66. The molecule has 0 radical (unpaired) electrons. The fourth-order valence-corrected chi connectivity index (χ4v) is 2.21. The van der Waals surface area contributed by atoms with Crippen molar-refractivity contribution in [1.82, 2.24) is 14.9 Å². The fraction of sp³-hybridized carbons (Fsp3) is 0.333. The van der Waals surface area contributed by atoms with Crippen LogP contribution in [-0.2, 0) is 4.79 Å². The van der Waals surface area contributed by atoms with E-state index in [2.05, 4.69) is 9.97 Å². The summed E-state index contributed by atoms with van der Waals surface area (Å²) in [6.45, 7) is 2.09. The molecule has 0 saturated carbocycles. The lowest BCUT2D eigenvalue weighted by molar-refractivity contribution is -0.120. The Kier molecular flexibility index (Phi) is 2.33. The Hall–Kier alpha value is -1.88. The maximum Gasteiger partial charge on any atom is 0.241 e. The van der Waals surface area contributed by atoms with Crippen molar-refractivity contribution in [3.63, 3.8) is 0 Å². The molecule has 0 unspecified atom stereocenters. The Balaban J connectivity index is 2.03. The second-order valence-corrected chi connectivity index (χ2v) is 4.36. The Bertz CT molecular complexity index is 562. The van der Waals surface area contributed by atoms with Crippen LogP contribution in [0.25, 0.3) is 11.0 Å². The number of benzene rings is 1. The third-order valence-corrected chi connectivity index (χ3v) is 3.13. The number of piperazine rings is 1. The van der Waals surface area contributed by atoms with Crippen LogP contribution >= 0.6 is 0 Å². The van der Waals surface area contributed by atoms with Gasteiger partial charge in [0.15, 0.2) is 0 Å². The zero-order valence-electron chi connectivity index (χ0n) is 9.68. The highest BCUT2D eigenvalue weighted by molar-refractivity contribution is 6.02. The number of nitrogens with zero attached hydrogens (tertiary/aromatic N) is 3. The number of carbonyl (C=O) groups is 1. The zero-order valence-corrected chi connectivity index (χ0v) is 9.68. The molecule has 3 rings (SSSR count). The van der Waals surface area contributed by atoms with Gasteiger partial charge in [-0.05, 0) is 19.2 Å². The monoisotopic (exact) mass is 230 g/mol. The summed E-state index contributed by atoms with van der Waals surface area (Å²) in [4.78, 5) is 23.2. The van der Waals surface area contributed by atoms with Gasteiger partial charge in [0.1, 0.15) is 5.52 Å². The summed E-state index contributed by atoms with van der Waals surface area (Å²) in [5.41, 5.74) is 2.74. The Morgan fingerprint density at radius 3 is 3.06 bits per heavy atom. The van der Waals surface area contributed by atoms with E-state index < -0.39 is 0 Å². The second kappa shape index (κ2) is 3.85. The molecule has 2 aromatic rings. The normalized spacial score (nSPS) is 17.9. The van der Waals surface area contributed by atoms with Crippen LogP contribution in [0, 0.1) is 0 Å². The minimum atomic E-state index is 0.134. The summed E-state index contributed by atoms with van der Waals surface area (Å²) < 4.78 is 0. The number of para-hydroxylation sites is 1. The highest BCUT2D eigenvalue weighted by Gasteiger charge is 2.24. The summed E-state index contributed by atoms with van der Waals surface area (Å²) in [7, 11) is 1.96. The molecule has 1 fully saturated rings. The number of rotatable bonds is 1. The quantitative estimate of drug-likeness (QED) is 0.790. The van der Waals surface area contributed by atoms with Gasteiger partial charge in [0.25, 0.3) is 0 Å². The Morgan fingerprint density at radius 2 is 2.24 bits per heavy atom. The molecule has 1 aliphatic heterocycles. The van der Waals surface area contributed by atoms with Gasteiger partial charge >= 0.3 is 0 Å². The van der Waals surface area contributed by atoms with Crippen molar-refractivity contribution in [1.29, 1.82) is 0 Å². The molecule has 1 aromatic heterocycles. The molecule has 5 nitrogen and oxygen atoms in total. The number of aromatic amines is 1. The summed E-state index contributed by atoms with van der Waals surface area (Å²) in [5.74, 6) is 0.134. The van der Waals surface area contributed by atoms with E-state index in [0.717, 1.165) is 29.8 Å². The molecule has 2 heterocycles. The van der Waals surface area contributed by atoms with E-state index in [0.29, 0.717) is 6.54 Å². The van der Waals surface area contributed by atoms with Gasteiger partial charge in [-0.3, -0.25) is 9.69 Å². The Morgan fingerprint density at radius 1 is 1.35 bits per heavy atom. The number of hydrogen-bond donors (Lipinski definition) is 1. The Labute approximate surface area is 99.0 Å². The predicted molar refractivity (Wildman–Crippen MR) is 65.9 cm³/mol. The average molecular weight is 230 g/mol. The predicted octanol–water partition coefficient (Wildman–Crippen LogP) is 0.841. The van der Waals surface area contributed by atoms with E-state index >= 15 is 0 Å². The van der Waals surface area contributed by atoms with E-state index in [9.17, 15) is 4.79 Å². The molecule has 1 aliphatic rings. The molecule has 0 aliphatic carbocycles. The molecule has 0 bridgehead atoms. The minimum absolute atomic E-state index is 0.134. The van der Waals surface area contributed by atoms with Crippen LogP contribution in [0.4, 0.5) is 5.69 Å². The number of aromatic nitrogens is 2. The average Bonchev–Trinajstić information content (AvgIpc) is 2.77. The molecule has 1 N–H and O–H groups in total. The maximum absolute atomic E-state index is 12.0. The molecule has 0 atom stereocenters. The summed E-state index contributed by atoms with van der Waals surface area (Å²) in [5, 5.41) is 0. The van der Waals surface area contributed by atoms with Gasteiger partial charge in [0.05, 0.1) is 24.1 Å². The fourth-order valence-electron chi connectivity index (χ4n) is 2.21. The molecule has 0 spiro atoms. The highest BCUT2D eigenvalue weighted by atomic mass is 16.2. The molecule has 1 amide bonds. The molecular formula is C12H14N4O. The van der Waals surface area contributed by atoms with E-state index in [4.69, 9.17) is 0 Å². The first-order chi connectivity index (χ1) is 8.25. The van der Waals surface area contributed by atoms with Gasteiger partial charge in [0.2, 0.25) is 5.91 Å². The lowest BCUT2D eigenvalue weighted by atomic mass is 10.2. The lowest BCUT2D eigenvalue weighted by Crippen LogP contribution is -2.49. The van der Waals surface area contributed by atoms with Crippen molar-refractivity contribution in [2.45, 2.75) is 0 Å². The molecule has 17 heavy (non-hydrogen) atoms. The number of fused-ring (bicyclic) bond motifs is 1.